The fraction of sp³-hybridized carbons (Fsp3) is 0.875. The van der Waals surface area contributed by atoms with E-state index in [4.69, 9.17) is 5.11 Å². The first-order valence-corrected chi connectivity index (χ1v) is 4.36. The number of aliphatic carboxylic acids is 1. The molecule has 0 saturated carbocycles. The van der Waals surface area contributed by atoms with Gasteiger partial charge >= 0.3 is 5.97 Å². The fourth-order valence-corrected chi connectivity index (χ4v) is 1.65. The molecule has 1 saturated heterocycles. The van der Waals surface area contributed by atoms with Crippen molar-refractivity contribution in [2.45, 2.75) is 25.0 Å². The Labute approximate surface area is 76.0 Å². The van der Waals surface area contributed by atoms with Gasteiger partial charge in [0.15, 0.2) is 0 Å². The summed E-state index contributed by atoms with van der Waals surface area (Å²) in [6, 6.07) is -0.637. The Hall–Kier alpha value is -0.680. The van der Waals surface area contributed by atoms with Gasteiger partial charge in [-0.2, -0.15) is 0 Å². The summed E-state index contributed by atoms with van der Waals surface area (Å²) in [7, 11) is 0. The molecule has 0 spiro atoms. The van der Waals surface area contributed by atoms with Gasteiger partial charge in [0, 0.05) is 19.5 Å². The number of nitrogens with zero attached hydrogens (tertiary/aromatic N) is 1. The van der Waals surface area contributed by atoms with Crippen LogP contribution in [-0.4, -0.2) is 53.0 Å². The molecule has 76 valence electrons. The van der Waals surface area contributed by atoms with Crippen LogP contribution in [0.5, 0.6) is 0 Å². The number of likely N-dealkylation sites (tertiary alicyclic amines) is 1. The summed E-state index contributed by atoms with van der Waals surface area (Å²) < 4.78 is 11.8. The van der Waals surface area contributed by atoms with Gasteiger partial charge in [-0.1, -0.05) is 0 Å². The van der Waals surface area contributed by atoms with Crippen LogP contribution < -0.4 is 0 Å². The summed E-state index contributed by atoms with van der Waals surface area (Å²) in [6.45, 7) is 0.306. The molecule has 2 atom stereocenters. The van der Waals surface area contributed by atoms with Crippen LogP contribution in [0, 0.1) is 0 Å². The van der Waals surface area contributed by atoms with Gasteiger partial charge in [-0.05, 0) is 6.42 Å². The number of halogens is 1. The molecule has 1 aliphatic rings. The lowest BCUT2D eigenvalue weighted by Gasteiger charge is -2.19. The molecular formula is C8H14FNO3. The van der Waals surface area contributed by atoms with Gasteiger partial charge in [0.25, 0.3) is 0 Å². The van der Waals surface area contributed by atoms with Crippen LogP contribution in [0.2, 0.25) is 0 Å². The Morgan fingerprint density at radius 2 is 2.31 bits per heavy atom. The average Bonchev–Trinajstić information content (AvgIpc) is 2.43. The third-order valence-corrected chi connectivity index (χ3v) is 2.25. The van der Waals surface area contributed by atoms with Crippen molar-refractivity contribution in [3.05, 3.63) is 0 Å². The minimum Gasteiger partial charge on any atom is -0.480 e. The second-order valence-corrected chi connectivity index (χ2v) is 3.28. The molecule has 1 heterocycles. The molecule has 2 unspecified atom stereocenters. The lowest BCUT2D eigenvalue weighted by atomic mass is 10.2. The monoisotopic (exact) mass is 191 g/mol. The molecule has 2 N–H and O–H groups in total. The smallest absolute Gasteiger partial charge is 0.321 e. The maximum absolute atomic E-state index is 11.8. The summed E-state index contributed by atoms with van der Waals surface area (Å²) in [5.41, 5.74) is 0. The molecule has 1 fully saturated rings. The molecule has 0 aromatic carbocycles. The van der Waals surface area contributed by atoms with Crippen LogP contribution in [0.1, 0.15) is 12.8 Å². The summed E-state index contributed by atoms with van der Waals surface area (Å²) in [4.78, 5) is 12.3. The SMILES string of the molecule is O=C(O)C1CC(O)CN1CCCF. The van der Waals surface area contributed by atoms with E-state index in [1.165, 1.54) is 0 Å². The number of rotatable bonds is 4. The maximum Gasteiger partial charge on any atom is 0.321 e. The van der Waals surface area contributed by atoms with Gasteiger partial charge in [0.05, 0.1) is 12.8 Å². The lowest BCUT2D eigenvalue weighted by Crippen LogP contribution is -2.36. The topological polar surface area (TPSA) is 60.8 Å². The number of carboxylic acids is 1. The van der Waals surface area contributed by atoms with Crippen molar-refractivity contribution in [3.8, 4) is 0 Å². The Morgan fingerprint density at radius 3 is 2.85 bits per heavy atom. The highest BCUT2D eigenvalue weighted by Gasteiger charge is 2.35. The molecule has 0 amide bonds. The zero-order valence-corrected chi connectivity index (χ0v) is 7.32. The summed E-state index contributed by atoms with van der Waals surface area (Å²) in [5.74, 6) is -0.935. The predicted molar refractivity (Wildman–Crippen MR) is 44.2 cm³/mol. The molecule has 0 radical (unpaired) electrons. The van der Waals surface area contributed by atoms with Gasteiger partial charge < -0.3 is 10.2 Å². The molecule has 13 heavy (non-hydrogen) atoms. The molecule has 0 bridgehead atoms. The van der Waals surface area contributed by atoms with E-state index in [9.17, 15) is 14.3 Å². The van der Waals surface area contributed by atoms with Crippen molar-refractivity contribution in [3.63, 3.8) is 0 Å². The van der Waals surface area contributed by atoms with Gasteiger partial charge in [-0.3, -0.25) is 14.1 Å². The van der Waals surface area contributed by atoms with Crippen molar-refractivity contribution >= 4 is 5.97 Å². The normalized spacial score (nSPS) is 29.4. The highest BCUT2D eigenvalue weighted by Crippen LogP contribution is 2.18. The Morgan fingerprint density at radius 1 is 1.62 bits per heavy atom. The number of hydrogen-bond donors (Lipinski definition) is 2. The van der Waals surface area contributed by atoms with E-state index < -0.39 is 24.8 Å². The highest BCUT2D eigenvalue weighted by atomic mass is 19.1. The van der Waals surface area contributed by atoms with Crippen LogP contribution in [-0.2, 0) is 4.79 Å². The molecule has 1 rings (SSSR count). The first-order chi connectivity index (χ1) is 6.15. The number of carboxylic acid groups (broad SMARTS) is 1. The van der Waals surface area contributed by atoms with Gasteiger partial charge in [0.2, 0.25) is 0 Å². The quantitative estimate of drug-likeness (QED) is 0.649. The minimum absolute atomic E-state index is 0.252. The van der Waals surface area contributed by atoms with Crippen molar-refractivity contribution in [1.29, 1.82) is 0 Å². The Bertz CT molecular complexity index is 188. The van der Waals surface area contributed by atoms with E-state index in [0.717, 1.165) is 0 Å². The fourth-order valence-electron chi connectivity index (χ4n) is 1.65. The van der Waals surface area contributed by atoms with Crippen LogP contribution in [0.3, 0.4) is 0 Å². The first kappa shape index (κ1) is 10.4. The standard InChI is InChI=1S/C8H14FNO3/c9-2-1-3-10-5-6(11)4-7(10)8(12)13/h6-7,11H,1-5H2,(H,12,13). The summed E-state index contributed by atoms with van der Waals surface area (Å²) in [5, 5.41) is 18.0. The molecular weight excluding hydrogens is 177 g/mol. The number of aliphatic hydroxyl groups is 1. The van der Waals surface area contributed by atoms with E-state index in [1.807, 2.05) is 0 Å². The van der Waals surface area contributed by atoms with Crippen LogP contribution in [0.15, 0.2) is 0 Å². The van der Waals surface area contributed by atoms with Gasteiger partial charge in [-0.15, -0.1) is 0 Å². The molecule has 0 aliphatic carbocycles. The van der Waals surface area contributed by atoms with Crippen LogP contribution in [0.25, 0.3) is 0 Å². The van der Waals surface area contributed by atoms with Crippen molar-refractivity contribution in [2.24, 2.45) is 0 Å². The van der Waals surface area contributed by atoms with Crippen LogP contribution >= 0.6 is 0 Å². The number of aliphatic hydroxyl groups excluding tert-OH is 1. The number of β-amino-alcohol motifs (C(OH)–C–C–N with tert-alkyl or cyclic N) is 1. The average molecular weight is 191 g/mol. The van der Waals surface area contributed by atoms with E-state index in [-0.39, 0.29) is 6.42 Å². The zero-order valence-electron chi connectivity index (χ0n) is 7.32. The predicted octanol–water partition coefficient (Wildman–Crippen LogP) is -0.134. The van der Waals surface area contributed by atoms with Crippen molar-refractivity contribution in [1.82, 2.24) is 4.90 Å². The Balaban J connectivity index is 2.45. The van der Waals surface area contributed by atoms with Crippen LogP contribution in [0.4, 0.5) is 4.39 Å². The largest absolute Gasteiger partial charge is 0.480 e. The molecule has 4 nitrogen and oxygen atoms in total. The van der Waals surface area contributed by atoms with E-state index in [1.54, 1.807) is 4.90 Å². The van der Waals surface area contributed by atoms with E-state index in [0.29, 0.717) is 19.5 Å². The van der Waals surface area contributed by atoms with Gasteiger partial charge in [0.1, 0.15) is 6.04 Å². The second-order valence-electron chi connectivity index (χ2n) is 3.28. The number of carbonyl (C=O) groups is 1. The third kappa shape index (κ3) is 2.63. The van der Waals surface area contributed by atoms with Gasteiger partial charge in [-0.25, -0.2) is 0 Å². The summed E-state index contributed by atoms with van der Waals surface area (Å²) >= 11 is 0. The third-order valence-electron chi connectivity index (χ3n) is 2.25. The molecule has 5 heteroatoms. The van der Waals surface area contributed by atoms with E-state index in [2.05, 4.69) is 0 Å². The maximum atomic E-state index is 11.8. The molecule has 1 aliphatic heterocycles. The summed E-state index contributed by atoms with van der Waals surface area (Å²) in [6.07, 6.45) is -0.00121. The lowest BCUT2D eigenvalue weighted by molar-refractivity contribution is -0.142. The zero-order chi connectivity index (χ0) is 9.84. The molecule has 0 aromatic heterocycles. The van der Waals surface area contributed by atoms with Crippen molar-refractivity contribution < 1.29 is 19.4 Å². The van der Waals surface area contributed by atoms with Crippen molar-refractivity contribution in [2.75, 3.05) is 19.8 Å². The number of alkyl halides is 1. The van der Waals surface area contributed by atoms with E-state index >= 15 is 0 Å². The number of hydrogen-bond acceptors (Lipinski definition) is 3. The Kier molecular flexibility index (Phi) is 3.62. The first-order valence-electron chi connectivity index (χ1n) is 4.36. The second kappa shape index (κ2) is 4.53. The highest BCUT2D eigenvalue weighted by molar-refractivity contribution is 5.74. The minimum atomic E-state index is -0.935. The molecule has 0 aromatic rings.